The number of amides is 1. The topological polar surface area (TPSA) is 199 Å². The number of aliphatic hydroxyl groups is 4. The van der Waals surface area contributed by atoms with E-state index >= 15 is 0 Å². The second-order valence-corrected chi connectivity index (χ2v) is 12.8. The summed E-state index contributed by atoms with van der Waals surface area (Å²) in [7, 11) is 2.95. The molecule has 230 valence electrons. The number of aliphatic hydroxyl groups excluding tert-OH is 3. The van der Waals surface area contributed by atoms with Crippen molar-refractivity contribution in [3.05, 3.63) is 64.4 Å². The molecule has 1 heterocycles. The molecule has 3 aliphatic rings. The molecule has 1 amide bonds. The molecule has 6 atom stereocenters. The summed E-state index contributed by atoms with van der Waals surface area (Å²) in [6.07, 6.45) is 5.09. The van der Waals surface area contributed by atoms with Gasteiger partial charge in [0.1, 0.15) is 22.8 Å². The Labute approximate surface area is 248 Å². The van der Waals surface area contributed by atoms with Crippen molar-refractivity contribution in [3.63, 3.8) is 0 Å². The number of Topliss-reactive ketones (excluding diaryl/α,β-unsaturated/α-hetero) is 2. The largest absolute Gasteiger partial charge is 0.508 e. The minimum absolute atomic E-state index is 0.00354. The van der Waals surface area contributed by atoms with Gasteiger partial charge in [-0.25, -0.2) is 4.98 Å². The number of nitrogens with two attached hydrogens (primary N) is 1. The van der Waals surface area contributed by atoms with Crippen molar-refractivity contribution in [3.8, 4) is 5.75 Å². The van der Waals surface area contributed by atoms with E-state index in [2.05, 4.69) is 4.98 Å². The first kappa shape index (κ1) is 30.5. The number of benzene rings is 1. The SMILES string of the molecule is C[C@H]1c2ccc(C(C)(C)CCCn3ccnc3)c(O)c2C(O)=C2C(=O)[C@]3(O)C(O)=C(C(N)=O)C(=O)[C@@H](N(C)C)[C@@H]3[C@@H](O)[C@@H]21. The molecule has 12 nitrogen and oxygen atoms in total. The van der Waals surface area contributed by atoms with Crippen LogP contribution < -0.4 is 5.73 Å². The van der Waals surface area contributed by atoms with Gasteiger partial charge in [-0.2, -0.15) is 0 Å². The van der Waals surface area contributed by atoms with E-state index in [1.807, 2.05) is 24.6 Å². The predicted octanol–water partition coefficient (Wildman–Crippen LogP) is 1.45. The quantitative estimate of drug-likeness (QED) is 0.255. The van der Waals surface area contributed by atoms with Gasteiger partial charge < -0.3 is 35.8 Å². The summed E-state index contributed by atoms with van der Waals surface area (Å²) in [5.41, 5.74) is 1.54. The van der Waals surface area contributed by atoms with Crippen LogP contribution in [-0.4, -0.2) is 89.3 Å². The molecule has 1 aromatic heterocycles. The first-order chi connectivity index (χ1) is 20.1. The van der Waals surface area contributed by atoms with Gasteiger partial charge in [-0.15, -0.1) is 0 Å². The molecule has 0 unspecified atom stereocenters. The van der Waals surface area contributed by atoms with E-state index in [0.717, 1.165) is 13.0 Å². The van der Waals surface area contributed by atoms with Gasteiger partial charge in [0.2, 0.25) is 5.78 Å². The molecule has 7 N–H and O–H groups in total. The maximum atomic E-state index is 14.2. The van der Waals surface area contributed by atoms with Crippen molar-refractivity contribution in [1.29, 1.82) is 0 Å². The van der Waals surface area contributed by atoms with Crippen LogP contribution in [0.2, 0.25) is 0 Å². The Bertz CT molecular complexity index is 1570. The lowest BCUT2D eigenvalue weighted by atomic mass is 9.54. The van der Waals surface area contributed by atoms with Gasteiger partial charge in [0.25, 0.3) is 5.91 Å². The number of imidazole rings is 1. The molecule has 43 heavy (non-hydrogen) atoms. The van der Waals surface area contributed by atoms with E-state index in [1.54, 1.807) is 31.6 Å². The van der Waals surface area contributed by atoms with Crippen molar-refractivity contribution in [2.45, 2.75) is 69.2 Å². The average Bonchev–Trinajstić information content (AvgIpc) is 3.43. The number of rotatable bonds is 7. The van der Waals surface area contributed by atoms with Crippen molar-refractivity contribution in [2.75, 3.05) is 14.1 Å². The molecule has 0 bridgehead atoms. The van der Waals surface area contributed by atoms with Gasteiger partial charge >= 0.3 is 0 Å². The Morgan fingerprint density at radius 2 is 1.86 bits per heavy atom. The summed E-state index contributed by atoms with van der Waals surface area (Å²) in [6.45, 7) is 6.35. The van der Waals surface area contributed by atoms with Gasteiger partial charge in [0.15, 0.2) is 11.4 Å². The fraction of sp³-hybridized carbons (Fsp3) is 0.484. The number of carbonyl (C=O) groups is 3. The van der Waals surface area contributed by atoms with Crippen molar-refractivity contribution < 1.29 is 39.9 Å². The minimum Gasteiger partial charge on any atom is -0.508 e. The van der Waals surface area contributed by atoms with Crippen LogP contribution in [0.4, 0.5) is 0 Å². The standard InChI is InChI=1S/C31H38N4O8/c1-14-15-7-8-16(30(2,3)9-6-11-35-12-10-33-13-35)23(36)18(15)24(37)19-17(14)25(38)21-22(34(4)5)26(39)20(29(32)42)28(41)31(21,43)27(19)40/h7-8,10,12-14,17,21-22,25,36-38,41,43H,6,9,11H2,1-5H3,(H2,32,42)/t14-,17+,21+,22-,25-,31-/m0/s1. The maximum Gasteiger partial charge on any atom is 0.255 e. The molecule has 5 rings (SSSR count). The zero-order chi connectivity index (χ0) is 31.8. The van der Waals surface area contributed by atoms with E-state index < -0.39 is 81.1 Å². The smallest absolute Gasteiger partial charge is 0.255 e. The van der Waals surface area contributed by atoms with Crippen molar-refractivity contribution in [2.24, 2.45) is 17.6 Å². The maximum absolute atomic E-state index is 14.2. The fourth-order valence-electron chi connectivity index (χ4n) is 7.42. The third-order valence-electron chi connectivity index (χ3n) is 9.64. The van der Waals surface area contributed by atoms with Crippen LogP contribution in [0.5, 0.6) is 5.75 Å². The Kier molecular flexibility index (Phi) is 7.31. The zero-order valence-electron chi connectivity index (χ0n) is 24.8. The fourth-order valence-corrected chi connectivity index (χ4v) is 7.42. The Morgan fingerprint density at radius 1 is 1.19 bits per heavy atom. The Balaban J connectivity index is 1.64. The van der Waals surface area contributed by atoms with Gasteiger partial charge in [-0.3, -0.25) is 19.3 Å². The number of hydrogen-bond donors (Lipinski definition) is 6. The van der Waals surface area contributed by atoms with Gasteiger partial charge in [-0.1, -0.05) is 32.9 Å². The van der Waals surface area contributed by atoms with E-state index in [4.69, 9.17) is 5.73 Å². The number of aromatic nitrogens is 2. The molecule has 2 aromatic rings. The van der Waals surface area contributed by atoms with Crippen LogP contribution in [0.25, 0.3) is 5.76 Å². The van der Waals surface area contributed by atoms with Crippen LogP contribution in [-0.2, 0) is 26.3 Å². The Hall–Kier alpha value is -4.00. The number of nitrogens with zero attached hydrogens (tertiary/aromatic N) is 3. The van der Waals surface area contributed by atoms with Crippen LogP contribution in [0.3, 0.4) is 0 Å². The van der Waals surface area contributed by atoms with Gasteiger partial charge in [0.05, 0.1) is 30.0 Å². The number of phenolic OH excluding ortho intramolecular Hbond substituents is 1. The number of carbonyl (C=O) groups excluding carboxylic acids is 3. The molecule has 0 saturated heterocycles. The summed E-state index contributed by atoms with van der Waals surface area (Å²) < 4.78 is 1.95. The summed E-state index contributed by atoms with van der Waals surface area (Å²) in [4.78, 5) is 45.1. The molecule has 1 saturated carbocycles. The first-order valence-electron chi connectivity index (χ1n) is 14.2. The lowest BCUT2D eigenvalue weighted by Crippen LogP contribution is -2.70. The second kappa shape index (κ2) is 10.3. The zero-order valence-corrected chi connectivity index (χ0v) is 24.8. The number of primary amides is 1. The number of fused-ring (bicyclic) bond motifs is 3. The van der Waals surface area contributed by atoms with Crippen molar-refractivity contribution in [1.82, 2.24) is 14.5 Å². The highest BCUT2D eigenvalue weighted by atomic mass is 16.4. The van der Waals surface area contributed by atoms with E-state index in [-0.39, 0.29) is 11.3 Å². The molecule has 0 spiro atoms. The van der Waals surface area contributed by atoms with Gasteiger partial charge in [0, 0.05) is 36.0 Å². The van der Waals surface area contributed by atoms with Crippen LogP contribution in [0.15, 0.2) is 47.8 Å². The molecular weight excluding hydrogens is 556 g/mol. The minimum atomic E-state index is -2.94. The molecule has 0 aliphatic heterocycles. The number of aryl methyl sites for hydroxylation is 1. The summed E-state index contributed by atoms with van der Waals surface area (Å²) in [5.74, 6) is -8.94. The number of phenols is 1. The average molecular weight is 595 g/mol. The number of hydrogen-bond acceptors (Lipinski definition) is 10. The van der Waals surface area contributed by atoms with E-state index in [9.17, 15) is 39.9 Å². The molecule has 1 fully saturated rings. The summed E-state index contributed by atoms with van der Waals surface area (Å²) in [5, 5.41) is 57.9. The highest BCUT2D eigenvalue weighted by Crippen LogP contribution is 2.57. The monoisotopic (exact) mass is 594 g/mol. The molecular formula is C31H38N4O8. The van der Waals surface area contributed by atoms with Crippen LogP contribution >= 0.6 is 0 Å². The predicted molar refractivity (Wildman–Crippen MR) is 155 cm³/mol. The molecule has 0 radical (unpaired) electrons. The van der Waals surface area contributed by atoms with E-state index in [1.165, 1.54) is 19.0 Å². The third-order valence-corrected chi connectivity index (χ3v) is 9.64. The highest BCUT2D eigenvalue weighted by molar-refractivity contribution is 6.24. The van der Waals surface area contributed by atoms with Crippen LogP contribution in [0.1, 0.15) is 56.2 Å². The number of likely N-dealkylation sites (N-methyl/N-ethyl adjacent to an activating group) is 1. The van der Waals surface area contributed by atoms with E-state index in [0.29, 0.717) is 17.5 Å². The lowest BCUT2D eigenvalue weighted by molar-refractivity contribution is -0.169. The molecule has 3 aliphatic carbocycles. The normalized spacial score (nSPS) is 29.1. The number of aromatic hydroxyl groups is 1. The third kappa shape index (κ3) is 4.30. The molecule has 1 aromatic carbocycles. The second-order valence-electron chi connectivity index (χ2n) is 12.8. The summed E-state index contributed by atoms with van der Waals surface area (Å²) >= 11 is 0. The van der Waals surface area contributed by atoms with Crippen molar-refractivity contribution >= 4 is 23.2 Å². The Morgan fingerprint density at radius 3 is 2.44 bits per heavy atom. The summed E-state index contributed by atoms with van der Waals surface area (Å²) in [6, 6.07) is 2.13. The first-order valence-corrected chi connectivity index (χ1v) is 14.2. The number of ketones is 2. The van der Waals surface area contributed by atoms with Gasteiger partial charge in [-0.05, 0) is 43.8 Å². The lowest BCUT2D eigenvalue weighted by Gasteiger charge is -2.53. The van der Waals surface area contributed by atoms with Crippen LogP contribution in [0, 0.1) is 11.8 Å². The molecule has 12 heteroatoms. The highest BCUT2D eigenvalue weighted by Gasteiger charge is 2.68.